The average Bonchev–Trinajstić information content (AvgIpc) is 3.01. The monoisotopic (exact) mass is 387 g/mol. The van der Waals surface area contributed by atoms with Gasteiger partial charge in [0.15, 0.2) is 4.77 Å². The highest BCUT2D eigenvalue weighted by atomic mass is 79.9. The van der Waals surface area contributed by atoms with Gasteiger partial charge in [0.05, 0.1) is 10.5 Å². The van der Waals surface area contributed by atoms with Crippen molar-refractivity contribution in [2.75, 3.05) is 26.2 Å². The minimum atomic E-state index is 0.779. The van der Waals surface area contributed by atoms with Gasteiger partial charge in [0.25, 0.3) is 0 Å². The second-order valence-corrected chi connectivity index (χ2v) is 8.18. The second kappa shape index (κ2) is 6.70. The van der Waals surface area contributed by atoms with E-state index in [-0.39, 0.29) is 0 Å². The molecule has 1 fully saturated rings. The predicted octanol–water partition coefficient (Wildman–Crippen LogP) is 2.55. The maximum absolute atomic E-state index is 5.33. The standard InChI is InChI=1S/C13H18BrN5S2/c1-16-9-15-19(13(16)20)10-18-6-4-17(5-7-18)8-11-2-3-12(14)21-11/h2-3,9H,4-8,10H2,1H3. The van der Waals surface area contributed by atoms with Crippen LogP contribution in [-0.2, 0) is 20.3 Å². The van der Waals surface area contributed by atoms with Crippen LogP contribution in [0.3, 0.4) is 0 Å². The quantitative estimate of drug-likeness (QED) is 0.753. The van der Waals surface area contributed by atoms with Crippen LogP contribution >= 0.6 is 39.5 Å². The molecule has 5 nitrogen and oxygen atoms in total. The molecular weight excluding hydrogens is 370 g/mol. The Morgan fingerprint density at radius 2 is 1.95 bits per heavy atom. The van der Waals surface area contributed by atoms with Crippen molar-refractivity contribution in [3.05, 3.63) is 31.9 Å². The van der Waals surface area contributed by atoms with E-state index in [4.69, 9.17) is 12.2 Å². The Morgan fingerprint density at radius 1 is 1.24 bits per heavy atom. The molecule has 1 saturated heterocycles. The molecule has 0 amide bonds. The Labute approximate surface area is 141 Å². The molecule has 0 N–H and O–H groups in total. The molecule has 0 spiro atoms. The summed E-state index contributed by atoms with van der Waals surface area (Å²) in [6.45, 7) is 6.15. The lowest BCUT2D eigenvalue weighted by molar-refractivity contribution is 0.0987. The number of hydrogen-bond donors (Lipinski definition) is 0. The molecule has 0 bridgehead atoms. The first-order valence-corrected chi connectivity index (χ1v) is 8.91. The summed E-state index contributed by atoms with van der Waals surface area (Å²) in [5.41, 5.74) is 0. The van der Waals surface area contributed by atoms with Gasteiger partial charge < -0.3 is 4.57 Å². The van der Waals surface area contributed by atoms with Gasteiger partial charge in [0.2, 0.25) is 0 Å². The van der Waals surface area contributed by atoms with E-state index in [0.29, 0.717) is 0 Å². The smallest absolute Gasteiger partial charge is 0.198 e. The number of aromatic nitrogens is 3. The molecule has 0 radical (unpaired) electrons. The van der Waals surface area contributed by atoms with Crippen LogP contribution in [0.25, 0.3) is 0 Å². The van der Waals surface area contributed by atoms with Crippen molar-refractivity contribution >= 4 is 39.5 Å². The number of aryl methyl sites for hydroxylation is 1. The van der Waals surface area contributed by atoms with Crippen molar-refractivity contribution in [1.29, 1.82) is 0 Å². The zero-order valence-corrected chi connectivity index (χ0v) is 15.1. The van der Waals surface area contributed by atoms with Crippen molar-refractivity contribution in [3.8, 4) is 0 Å². The summed E-state index contributed by atoms with van der Waals surface area (Å²) in [5, 5.41) is 4.32. The lowest BCUT2D eigenvalue weighted by Gasteiger charge is -2.34. The average molecular weight is 388 g/mol. The Morgan fingerprint density at radius 3 is 2.52 bits per heavy atom. The van der Waals surface area contributed by atoms with Gasteiger partial charge in [-0.2, -0.15) is 5.10 Å². The molecule has 2 aromatic heterocycles. The van der Waals surface area contributed by atoms with Gasteiger partial charge in [0.1, 0.15) is 6.33 Å². The molecule has 8 heteroatoms. The summed E-state index contributed by atoms with van der Waals surface area (Å²) in [4.78, 5) is 6.33. The molecule has 2 aromatic rings. The minimum Gasteiger partial charge on any atom is -0.310 e. The first-order chi connectivity index (χ1) is 10.1. The number of thiophene rings is 1. The lowest BCUT2D eigenvalue weighted by Crippen LogP contribution is -2.46. The zero-order chi connectivity index (χ0) is 14.8. The van der Waals surface area contributed by atoms with E-state index in [1.54, 1.807) is 6.33 Å². The minimum absolute atomic E-state index is 0.779. The van der Waals surface area contributed by atoms with Gasteiger partial charge in [-0.25, -0.2) is 4.68 Å². The van der Waals surface area contributed by atoms with Gasteiger partial charge in [-0.1, -0.05) is 0 Å². The highest BCUT2D eigenvalue weighted by Gasteiger charge is 2.18. The molecule has 0 aliphatic carbocycles. The fourth-order valence-electron chi connectivity index (χ4n) is 2.45. The summed E-state index contributed by atoms with van der Waals surface area (Å²) in [5.74, 6) is 0. The molecule has 0 unspecified atom stereocenters. The lowest BCUT2D eigenvalue weighted by atomic mass is 10.3. The SMILES string of the molecule is Cn1cnn(CN2CCN(Cc3ccc(Br)s3)CC2)c1=S. The largest absolute Gasteiger partial charge is 0.310 e. The van der Waals surface area contributed by atoms with Crippen LogP contribution in [0.4, 0.5) is 0 Å². The van der Waals surface area contributed by atoms with Crippen LogP contribution in [-0.4, -0.2) is 50.3 Å². The number of hydrogen-bond acceptors (Lipinski definition) is 5. The third kappa shape index (κ3) is 3.81. The summed E-state index contributed by atoms with van der Waals surface area (Å²) in [7, 11) is 1.93. The molecule has 114 valence electrons. The van der Waals surface area contributed by atoms with Gasteiger partial charge in [-0.05, 0) is 40.3 Å². The third-order valence-corrected chi connectivity index (χ3v) is 5.80. The Balaban J connectivity index is 1.51. The normalized spacial score (nSPS) is 17.4. The van der Waals surface area contributed by atoms with Crippen molar-refractivity contribution in [3.63, 3.8) is 0 Å². The highest BCUT2D eigenvalue weighted by molar-refractivity contribution is 9.11. The van der Waals surface area contributed by atoms with Crippen LogP contribution in [0.2, 0.25) is 0 Å². The van der Waals surface area contributed by atoms with E-state index < -0.39 is 0 Å². The van der Waals surface area contributed by atoms with E-state index in [2.05, 4.69) is 43.0 Å². The van der Waals surface area contributed by atoms with Crippen molar-refractivity contribution in [2.24, 2.45) is 7.05 Å². The molecular formula is C13H18BrN5S2. The predicted molar refractivity (Wildman–Crippen MR) is 90.9 cm³/mol. The van der Waals surface area contributed by atoms with E-state index in [0.717, 1.165) is 44.2 Å². The molecule has 21 heavy (non-hydrogen) atoms. The van der Waals surface area contributed by atoms with E-state index >= 15 is 0 Å². The Kier molecular flexibility index (Phi) is 4.90. The van der Waals surface area contributed by atoms with Gasteiger partial charge in [-0.15, -0.1) is 11.3 Å². The maximum atomic E-state index is 5.33. The Bertz CT molecular complexity index is 654. The number of halogens is 1. The summed E-state index contributed by atoms with van der Waals surface area (Å²) < 4.78 is 5.75. The van der Waals surface area contributed by atoms with Crippen LogP contribution < -0.4 is 0 Å². The zero-order valence-electron chi connectivity index (χ0n) is 11.9. The molecule has 0 atom stereocenters. The molecule has 1 aliphatic heterocycles. The van der Waals surface area contributed by atoms with Gasteiger partial charge >= 0.3 is 0 Å². The van der Waals surface area contributed by atoms with E-state index in [9.17, 15) is 0 Å². The highest BCUT2D eigenvalue weighted by Crippen LogP contribution is 2.23. The van der Waals surface area contributed by atoms with Gasteiger partial charge in [-0.3, -0.25) is 9.80 Å². The van der Waals surface area contributed by atoms with Crippen LogP contribution in [0.15, 0.2) is 22.2 Å². The Hall–Kier alpha value is -0.540. The van der Waals surface area contributed by atoms with Crippen molar-refractivity contribution < 1.29 is 0 Å². The number of rotatable bonds is 4. The van der Waals surface area contributed by atoms with Crippen molar-refractivity contribution in [2.45, 2.75) is 13.2 Å². The molecule has 3 heterocycles. The molecule has 0 saturated carbocycles. The fraction of sp³-hybridized carbons (Fsp3) is 0.538. The fourth-order valence-corrected chi connectivity index (χ4v) is 4.13. The molecule has 0 aromatic carbocycles. The van der Waals surface area contributed by atoms with Crippen LogP contribution in [0.1, 0.15) is 4.88 Å². The third-order valence-electron chi connectivity index (χ3n) is 3.69. The van der Waals surface area contributed by atoms with Crippen molar-refractivity contribution in [1.82, 2.24) is 24.1 Å². The summed E-state index contributed by atoms with van der Waals surface area (Å²) >= 11 is 10.7. The van der Waals surface area contributed by atoms with Crippen LogP contribution in [0, 0.1) is 4.77 Å². The topological polar surface area (TPSA) is 29.2 Å². The number of piperazine rings is 1. The van der Waals surface area contributed by atoms with Gasteiger partial charge in [0, 0.05) is 44.6 Å². The molecule has 1 aliphatic rings. The van der Waals surface area contributed by atoms with Crippen LogP contribution in [0.5, 0.6) is 0 Å². The first-order valence-electron chi connectivity index (χ1n) is 6.89. The van der Waals surface area contributed by atoms with E-state index in [1.807, 2.05) is 27.6 Å². The number of nitrogens with zero attached hydrogens (tertiary/aromatic N) is 5. The molecule has 3 rings (SSSR count). The summed E-state index contributed by atoms with van der Waals surface area (Å²) in [6, 6.07) is 4.33. The maximum Gasteiger partial charge on any atom is 0.198 e. The first kappa shape index (κ1) is 15.4. The summed E-state index contributed by atoms with van der Waals surface area (Å²) in [6.07, 6.45) is 1.77. The second-order valence-electron chi connectivity index (χ2n) is 5.27. The van der Waals surface area contributed by atoms with E-state index in [1.165, 1.54) is 8.66 Å².